The Morgan fingerprint density at radius 1 is 1.11 bits per heavy atom. The summed E-state index contributed by atoms with van der Waals surface area (Å²) in [5.41, 5.74) is -0.888. The molecule has 2 rings (SSSR count). The second-order valence-corrected chi connectivity index (χ2v) is 8.21. The van der Waals surface area contributed by atoms with Crippen molar-refractivity contribution in [3.63, 3.8) is 0 Å². The second kappa shape index (κ2) is 8.49. The van der Waals surface area contributed by atoms with Crippen molar-refractivity contribution in [1.29, 1.82) is 0 Å². The SMILES string of the molecule is CCOc1ccc(NC(=O)C(C)(C)NS(=O)(=O)Cc2ccccc2F)cc1. The van der Waals surface area contributed by atoms with Crippen LogP contribution in [0.4, 0.5) is 10.1 Å². The van der Waals surface area contributed by atoms with Gasteiger partial charge in [0.1, 0.15) is 17.1 Å². The van der Waals surface area contributed by atoms with Gasteiger partial charge in [-0.3, -0.25) is 4.79 Å². The van der Waals surface area contributed by atoms with Crippen molar-refractivity contribution >= 4 is 21.6 Å². The molecule has 27 heavy (non-hydrogen) atoms. The van der Waals surface area contributed by atoms with E-state index in [2.05, 4.69) is 10.0 Å². The predicted octanol–water partition coefficient (Wildman–Crippen LogP) is 3.06. The molecule has 0 atom stereocenters. The van der Waals surface area contributed by atoms with Gasteiger partial charge in [-0.2, -0.15) is 4.72 Å². The molecule has 0 fully saturated rings. The summed E-state index contributed by atoms with van der Waals surface area (Å²) in [7, 11) is -3.94. The smallest absolute Gasteiger partial charge is 0.245 e. The number of ether oxygens (including phenoxy) is 1. The average Bonchev–Trinajstić information content (AvgIpc) is 2.58. The van der Waals surface area contributed by atoms with Crippen LogP contribution in [0.15, 0.2) is 48.5 Å². The average molecular weight is 394 g/mol. The zero-order valence-corrected chi connectivity index (χ0v) is 16.3. The lowest BCUT2D eigenvalue weighted by Gasteiger charge is -2.25. The Morgan fingerprint density at radius 2 is 1.74 bits per heavy atom. The Balaban J connectivity index is 2.05. The van der Waals surface area contributed by atoms with Crippen LogP contribution >= 0.6 is 0 Å². The number of rotatable bonds is 8. The molecule has 1 amide bonds. The Labute approximate surface area is 158 Å². The van der Waals surface area contributed by atoms with Gasteiger partial charge in [0.15, 0.2) is 0 Å². The molecule has 0 unspecified atom stereocenters. The zero-order chi connectivity index (χ0) is 20.1. The highest BCUT2D eigenvalue weighted by Crippen LogP contribution is 2.18. The van der Waals surface area contributed by atoms with Crippen molar-refractivity contribution in [2.75, 3.05) is 11.9 Å². The van der Waals surface area contributed by atoms with Crippen molar-refractivity contribution in [2.24, 2.45) is 0 Å². The highest BCUT2D eigenvalue weighted by atomic mass is 32.2. The standard InChI is InChI=1S/C19H23FN2O4S/c1-4-26-16-11-9-15(10-12-16)21-18(23)19(2,3)22-27(24,25)13-14-7-5-6-8-17(14)20/h5-12,22H,4,13H2,1-3H3,(H,21,23). The third kappa shape index (κ3) is 6.04. The summed E-state index contributed by atoms with van der Waals surface area (Å²) < 4.78 is 46.1. The minimum absolute atomic E-state index is 0.0349. The fourth-order valence-corrected chi connectivity index (χ4v) is 3.97. The topological polar surface area (TPSA) is 84.5 Å². The molecule has 0 saturated carbocycles. The van der Waals surface area contributed by atoms with E-state index in [1.54, 1.807) is 30.3 Å². The molecule has 0 aliphatic rings. The Hall–Kier alpha value is -2.45. The third-order valence-electron chi connectivity index (χ3n) is 3.70. The molecule has 8 heteroatoms. The number of halogens is 1. The van der Waals surface area contributed by atoms with Gasteiger partial charge in [0.2, 0.25) is 15.9 Å². The molecule has 6 nitrogen and oxygen atoms in total. The summed E-state index contributed by atoms with van der Waals surface area (Å²) in [6.07, 6.45) is 0. The van der Waals surface area contributed by atoms with Crippen LogP contribution in [0.5, 0.6) is 5.75 Å². The molecule has 0 bridgehead atoms. The maximum absolute atomic E-state index is 13.7. The lowest BCUT2D eigenvalue weighted by atomic mass is 10.1. The molecule has 146 valence electrons. The number of amides is 1. The molecule has 0 spiro atoms. The van der Waals surface area contributed by atoms with Gasteiger partial charge in [0.05, 0.1) is 12.4 Å². The minimum atomic E-state index is -3.94. The highest BCUT2D eigenvalue weighted by molar-refractivity contribution is 7.88. The van der Waals surface area contributed by atoms with Crippen molar-refractivity contribution in [3.05, 3.63) is 59.9 Å². The van der Waals surface area contributed by atoms with E-state index >= 15 is 0 Å². The molecule has 0 aliphatic heterocycles. The fraction of sp³-hybridized carbons (Fsp3) is 0.316. The molecule has 0 aliphatic carbocycles. The number of hydrogen-bond acceptors (Lipinski definition) is 4. The van der Waals surface area contributed by atoms with E-state index in [1.165, 1.54) is 32.0 Å². The number of hydrogen-bond donors (Lipinski definition) is 2. The number of anilines is 1. The molecular weight excluding hydrogens is 371 g/mol. The highest BCUT2D eigenvalue weighted by Gasteiger charge is 2.33. The summed E-state index contributed by atoms with van der Waals surface area (Å²) >= 11 is 0. The first-order chi connectivity index (χ1) is 12.6. The van der Waals surface area contributed by atoms with Gasteiger partial charge in [-0.25, -0.2) is 12.8 Å². The lowest BCUT2D eigenvalue weighted by molar-refractivity contribution is -0.120. The fourth-order valence-electron chi connectivity index (χ4n) is 2.38. The van der Waals surface area contributed by atoms with Crippen molar-refractivity contribution < 1.29 is 22.3 Å². The van der Waals surface area contributed by atoms with Crippen LogP contribution in [0.3, 0.4) is 0 Å². The summed E-state index contributed by atoms with van der Waals surface area (Å²) in [6, 6.07) is 12.3. The van der Waals surface area contributed by atoms with E-state index in [0.29, 0.717) is 18.0 Å². The summed E-state index contributed by atoms with van der Waals surface area (Å²) in [5.74, 6) is -1.04. The summed E-state index contributed by atoms with van der Waals surface area (Å²) in [6.45, 7) is 5.28. The molecule has 0 radical (unpaired) electrons. The van der Waals surface area contributed by atoms with E-state index in [1.807, 2.05) is 6.92 Å². The van der Waals surface area contributed by atoms with Crippen LogP contribution in [0.1, 0.15) is 26.3 Å². The van der Waals surface area contributed by atoms with Gasteiger partial charge >= 0.3 is 0 Å². The molecule has 0 saturated heterocycles. The van der Waals surface area contributed by atoms with Crippen molar-refractivity contribution in [1.82, 2.24) is 4.72 Å². The van der Waals surface area contributed by atoms with Crippen LogP contribution in [-0.4, -0.2) is 26.5 Å². The van der Waals surface area contributed by atoms with Crippen LogP contribution in [0.2, 0.25) is 0 Å². The monoisotopic (exact) mass is 394 g/mol. The van der Waals surface area contributed by atoms with Crippen LogP contribution in [-0.2, 0) is 20.6 Å². The first-order valence-electron chi connectivity index (χ1n) is 8.42. The number of carbonyl (C=O) groups excluding carboxylic acids is 1. The third-order valence-corrected chi connectivity index (χ3v) is 5.22. The van der Waals surface area contributed by atoms with Crippen molar-refractivity contribution in [3.8, 4) is 5.75 Å². The van der Waals surface area contributed by atoms with E-state index in [0.717, 1.165) is 0 Å². The number of sulfonamides is 1. The molecule has 0 aromatic heterocycles. The molecule has 0 heterocycles. The quantitative estimate of drug-likeness (QED) is 0.721. The molecule has 2 N–H and O–H groups in total. The molecule has 2 aromatic rings. The van der Waals surface area contributed by atoms with Crippen molar-refractivity contribution in [2.45, 2.75) is 32.1 Å². The summed E-state index contributed by atoms with van der Waals surface area (Å²) in [5, 5.41) is 2.65. The number of nitrogens with one attached hydrogen (secondary N) is 2. The summed E-state index contributed by atoms with van der Waals surface area (Å²) in [4.78, 5) is 12.5. The first kappa shape index (κ1) is 20.9. The first-order valence-corrected chi connectivity index (χ1v) is 10.1. The Kier molecular flexibility index (Phi) is 6.56. The van der Waals surface area contributed by atoms with Gasteiger partial charge in [0, 0.05) is 11.3 Å². The lowest BCUT2D eigenvalue weighted by Crippen LogP contribution is -2.52. The Morgan fingerprint density at radius 3 is 2.33 bits per heavy atom. The predicted molar refractivity (Wildman–Crippen MR) is 102 cm³/mol. The number of benzene rings is 2. The van der Waals surface area contributed by atoms with Gasteiger partial charge in [-0.15, -0.1) is 0 Å². The van der Waals surface area contributed by atoms with Crippen LogP contribution in [0.25, 0.3) is 0 Å². The Bertz CT molecular complexity index is 896. The maximum Gasteiger partial charge on any atom is 0.245 e. The van der Waals surface area contributed by atoms with E-state index in [-0.39, 0.29) is 5.56 Å². The van der Waals surface area contributed by atoms with Gasteiger partial charge < -0.3 is 10.1 Å². The van der Waals surface area contributed by atoms with Gasteiger partial charge in [-0.1, -0.05) is 18.2 Å². The normalized spacial score (nSPS) is 11.9. The van der Waals surface area contributed by atoms with Gasteiger partial charge in [0.25, 0.3) is 0 Å². The molecular formula is C19H23FN2O4S. The molecule has 2 aromatic carbocycles. The van der Waals surface area contributed by atoms with Crippen LogP contribution in [0, 0.1) is 5.82 Å². The maximum atomic E-state index is 13.7. The number of carbonyl (C=O) groups is 1. The van der Waals surface area contributed by atoms with Gasteiger partial charge in [-0.05, 0) is 51.1 Å². The van der Waals surface area contributed by atoms with E-state index in [9.17, 15) is 17.6 Å². The van der Waals surface area contributed by atoms with E-state index in [4.69, 9.17) is 4.74 Å². The van der Waals surface area contributed by atoms with Crippen LogP contribution < -0.4 is 14.8 Å². The zero-order valence-electron chi connectivity index (χ0n) is 15.5. The second-order valence-electron chi connectivity index (χ2n) is 6.49. The minimum Gasteiger partial charge on any atom is -0.494 e. The van der Waals surface area contributed by atoms with E-state index < -0.39 is 33.0 Å². The largest absolute Gasteiger partial charge is 0.494 e.